The molecule has 2 N–H and O–H groups in total. The number of carbonyl (C=O) groups excluding carboxylic acids is 1. The van der Waals surface area contributed by atoms with Gasteiger partial charge in [-0.05, 0) is 18.6 Å². The van der Waals surface area contributed by atoms with Crippen molar-refractivity contribution in [1.82, 2.24) is 4.73 Å². The molecule has 0 atom stereocenters. The summed E-state index contributed by atoms with van der Waals surface area (Å²) < 4.78 is 0.841. The quantitative estimate of drug-likeness (QED) is 0.748. The molecule has 14 heavy (non-hydrogen) atoms. The van der Waals surface area contributed by atoms with E-state index >= 15 is 0 Å². The molecule has 5 heteroatoms. The smallest absolute Gasteiger partial charge is 0.333 e. The fraction of sp³-hybridized carbons (Fsp3) is 0.333. The van der Waals surface area contributed by atoms with Gasteiger partial charge in [-0.1, -0.05) is 6.92 Å². The predicted molar refractivity (Wildman–Crippen MR) is 51.6 cm³/mol. The standard InChI is InChI=1S/C9H12N2O3/c1-2-4-8(12)14-11-6-3-5-7(10)9(11)13/h3,5-6H,2,4,10H2,1H3. The van der Waals surface area contributed by atoms with E-state index in [2.05, 4.69) is 0 Å². The van der Waals surface area contributed by atoms with Gasteiger partial charge in [-0.15, -0.1) is 4.73 Å². The molecule has 1 aromatic rings. The van der Waals surface area contributed by atoms with Crippen molar-refractivity contribution in [1.29, 1.82) is 0 Å². The zero-order chi connectivity index (χ0) is 10.6. The van der Waals surface area contributed by atoms with Crippen LogP contribution in [0.1, 0.15) is 19.8 Å². The minimum atomic E-state index is -0.517. The number of carbonyl (C=O) groups is 1. The van der Waals surface area contributed by atoms with Crippen molar-refractivity contribution in [2.45, 2.75) is 19.8 Å². The molecule has 0 bridgehead atoms. The molecule has 0 aromatic carbocycles. The lowest BCUT2D eigenvalue weighted by Gasteiger charge is -2.05. The van der Waals surface area contributed by atoms with E-state index in [1.54, 1.807) is 0 Å². The third-order valence-electron chi connectivity index (χ3n) is 1.60. The molecule has 0 saturated heterocycles. The first-order valence-corrected chi connectivity index (χ1v) is 4.33. The zero-order valence-corrected chi connectivity index (χ0v) is 7.90. The first-order chi connectivity index (χ1) is 6.65. The second-order valence-electron chi connectivity index (χ2n) is 2.81. The molecule has 0 aliphatic carbocycles. The highest BCUT2D eigenvalue weighted by molar-refractivity contribution is 5.69. The third kappa shape index (κ3) is 2.35. The number of aromatic nitrogens is 1. The van der Waals surface area contributed by atoms with E-state index in [1.807, 2.05) is 6.92 Å². The maximum atomic E-state index is 11.3. The second-order valence-corrected chi connectivity index (χ2v) is 2.81. The van der Waals surface area contributed by atoms with Crippen LogP contribution in [0.5, 0.6) is 0 Å². The van der Waals surface area contributed by atoms with Gasteiger partial charge in [0.15, 0.2) is 0 Å². The normalized spacial score (nSPS) is 9.79. The van der Waals surface area contributed by atoms with Gasteiger partial charge in [-0.25, -0.2) is 4.79 Å². The van der Waals surface area contributed by atoms with E-state index < -0.39 is 11.5 Å². The van der Waals surface area contributed by atoms with Crippen molar-refractivity contribution in [3.8, 4) is 0 Å². The van der Waals surface area contributed by atoms with Gasteiger partial charge in [0.05, 0.1) is 0 Å². The van der Waals surface area contributed by atoms with Crippen LogP contribution in [0.25, 0.3) is 0 Å². The highest BCUT2D eigenvalue weighted by atomic mass is 16.7. The van der Waals surface area contributed by atoms with Crippen molar-refractivity contribution in [3.05, 3.63) is 28.7 Å². The summed E-state index contributed by atoms with van der Waals surface area (Å²) in [4.78, 5) is 27.1. The fourth-order valence-electron chi connectivity index (χ4n) is 0.922. The number of hydrogen-bond acceptors (Lipinski definition) is 4. The Labute approximate surface area is 81.1 Å². The molecule has 1 heterocycles. The SMILES string of the molecule is CCCC(=O)On1cccc(N)c1=O. The summed E-state index contributed by atoms with van der Waals surface area (Å²) in [6.07, 6.45) is 2.31. The maximum absolute atomic E-state index is 11.3. The minimum Gasteiger partial charge on any atom is -0.394 e. The molecule has 1 aromatic heterocycles. The molecule has 1 rings (SSSR count). The molecule has 5 nitrogen and oxygen atoms in total. The van der Waals surface area contributed by atoms with Crippen LogP contribution in [0.15, 0.2) is 23.1 Å². The Hall–Kier alpha value is -1.78. The fourth-order valence-corrected chi connectivity index (χ4v) is 0.922. The Morgan fingerprint density at radius 2 is 2.36 bits per heavy atom. The van der Waals surface area contributed by atoms with Crippen molar-refractivity contribution < 1.29 is 9.63 Å². The van der Waals surface area contributed by atoms with Gasteiger partial charge in [0.1, 0.15) is 5.69 Å². The lowest BCUT2D eigenvalue weighted by atomic mass is 10.3. The van der Waals surface area contributed by atoms with Gasteiger partial charge in [0.25, 0.3) is 0 Å². The van der Waals surface area contributed by atoms with Gasteiger partial charge in [0, 0.05) is 12.6 Å². The number of anilines is 1. The molecular formula is C9H12N2O3. The van der Waals surface area contributed by atoms with Crippen molar-refractivity contribution >= 4 is 11.7 Å². The largest absolute Gasteiger partial charge is 0.394 e. The van der Waals surface area contributed by atoms with Crippen molar-refractivity contribution in [3.63, 3.8) is 0 Å². The Morgan fingerprint density at radius 1 is 1.64 bits per heavy atom. The average Bonchev–Trinajstić information content (AvgIpc) is 2.13. The molecule has 76 valence electrons. The molecule has 0 amide bonds. The zero-order valence-electron chi connectivity index (χ0n) is 7.90. The molecule has 0 aliphatic heterocycles. The topological polar surface area (TPSA) is 74.3 Å². The Bertz CT molecular complexity index is 384. The van der Waals surface area contributed by atoms with Crippen LogP contribution in [-0.2, 0) is 4.79 Å². The second kappa shape index (κ2) is 4.45. The Balaban J connectivity index is 2.82. The Morgan fingerprint density at radius 3 is 3.00 bits per heavy atom. The first-order valence-electron chi connectivity index (χ1n) is 4.33. The van der Waals surface area contributed by atoms with E-state index in [-0.39, 0.29) is 12.1 Å². The molecule has 0 fully saturated rings. The molecule has 0 radical (unpaired) electrons. The predicted octanol–water partition coefficient (Wildman–Crippen LogP) is 0.186. The molecule has 0 spiro atoms. The van der Waals surface area contributed by atoms with Gasteiger partial charge < -0.3 is 10.6 Å². The number of nitrogens with zero attached hydrogens (tertiary/aromatic N) is 1. The summed E-state index contributed by atoms with van der Waals surface area (Å²) in [6, 6.07) is 2.99. The molecular weight excluding hydrogens is 184 g/mol. The van der Waals surface area contributed by atoms with E-state index in [4.69, 9.17) is 10.6 Å². The van der Waals surface area contributed by atoms with Gasteiger partial charge >= 0.3 is 11.5 Å². The number of nitrogens with two attached hydrogens (primary N) is 1. The molecule has 0 saturated carbocycles. The van der Waals surface area contributed by atoms with Crippen LogP contribution in [-0.4, -0.2) is 10.7 Å². The summed E-state index contributed by atoms with van der Waals surface area (Å²) in [7, 11) is 0. The molecule has 0 unspecified atom stereocenters. The van der Waals surface area contributed by atoms with Crippen LogP contribution >= 0.6 is 0 Å². The van der Waals surface area contributed by atoms with Crippen LogP contribution in [0.4, 0.5) is 5.69 Å². The van der Waals surface area contributed by atoms with Crippen LogP contribution in [0.2, 0.25) is 0 Å². The first kappa shape index (κ1) is 10.3. The number of nitrogen functional groups attached to an aromatic ring is 1. The van der Waals surface area contributed by atoms with Gasteiger partial charge in [-0.3, -0.25) is 4.79 Å². The number of pyridine rings is 1. The average molecular weight is 196 g/mol. The summed E-state index contributed by atoms with van der Waals surface area (Å²) in [5, 5.41) is 0. The van der Waals surface area contributed by atoms with Crippen LogP contribution < -0.4 is 16.1 Å². The summed E-state index contributed by atoms with van der Waals surface area (Å²) in [6.45, 7) is 1.85. The highest BCUT2D eigenvalue weighted by Crippen LogP contribution is 1.92. The molecule has 0 aliphatic rings. The van der Waals surface area contributed by atoms with E-state index in [0.717, 1.165) is 4.73 Å². The lowest BCUT2D eigenvalue weighted by molar-refractivity contribution is -0.144. The number of rotatable bonds is 3. The summed E-state index contributed by atoms with van der Waals surface area (Å²) in [5.74, 6) is -0.444. The monoisotopic (exact) mass is 196 g/mol. The Kier molecular flexibility index (Phi) is 3.28. The summed E-state index contributed by atoms with van der Waals surface area (Å²) in [5.41, 5.74) is 4.88. The van der Waals surface area contributed by atoms with E-state index in [9.17, 15) is 9.59 Å². The lowest BCUT2D eigenvalue weighted by Crippen LogP contribution is -2.31. The van der Waals surface area contributed by atoms with Crippen LogP contribution in [0.3, 0.4) is 0 Å². The third-order valence-corrected chi connectivity index (χ3v) is 1.60. The van der Waals surface area contributed by atoms with E-state index in [1.165, 1.54) is 18.3 Å². The van der Waals surface area contributed by atoms with Crippen LogP contribution in [0, 0.1) is 0 Å². The maximum Gasteiger partial charge on any atom is 0.333 e. The van der Waals surface area contributed by atoms with Crippen molar-refractivity contribution in [2.24, 2.45) is 0 Å². The van der Waals surface area contributed by atoms with Gasteiger partial charge in [0.2, 0.25) is 0 Å². The summed E-state index contributed by atoms with van der Waals surface area (Å²) >= 11 is 0. The van der Waals surface area contributed by atoms with E-state index in [0.29, 0.717) is 6.42 Å². The minimum absolute atomic E-state index is 0.0526. The number of hydrogen-bond donors (Lipinski definition) is 1. The highest BCUT2D eigenvalue weighted by Gasteiger charge is 2.05. The van der Waals surface area contributed by atoms with Gasteiger partial charge in [-0.2, -0.15) is 0 Å². The van der Waals surface area contributed by atoms with Crippen molar-refractivity contribution in [2.75, 3.05) is 5.73 Å².